The minimum Gasteiger partial charge on any atom is -0.495 e. The number of methoxy groups -OCH3 is 1. The number of amides is 1. The van der Waals surface area contributed by atoms with Crippen molar-refractivity contribution in [1.82, 2.24) is 4.98 Å². The van der Waals surface area contributed by atoms with E-state index in [4.69, 9.17) is 27.9 Å². The molecule has 0 atom stereocenters. The second-order valence-corrected chi connectivity index (χ2v) is 8.82. The lowest BCUT2D eigenvalue weighted by Gasteiger charge is -2.14. The quantitative estimate of drug-likeness (QED) is 0.279. The third-order valence-electron chi connectivity index (χ3n) is 5.10. The van der Waals surface area contributed by atoms with Crippen LogP contribution in [0.4, 0.5) is 5.69 Å². The molecule has 0 aliphatic heterocycles. The summed E-state index contributed by atoms with van der Waals surface area (Å²) in [6.07, 6.45) is 3.70. The molecular formula is C26H20Cl2N2O2S. The van der Waals surface area contributed by atoms with Crippen molar-refractivity contribution in [3.05, 3.63) is 94.6 Å². The number of nitrogens with zero attached hydrogens (tertiary/aromatic N) is 1. The van der Waals surface area contributed by atoms with Crippen molar-refractivity contribution in [3.63, 3.8) is 0 Å². The van der Waals surface area contributed by atoms with Gasteiger partial charge in [0.2, 0.25) is 0 Å². The van der Waals surface area contributed by atoms with Gasteiger partial charge in [-0.05, 0) is 78.0 Å². The standard InChI is InChI=1S/C26H20Cl2N2O2S/c1-32-25-11-6-16(13-23(25)28)20-15-18(33-2)8-9-19(20)26(31)30-17-7-10-22(27)21(14-17)24-5-3-4-12-29-24/h3-15H,1-2H3,(H,30,31). The molecule has 1 heterocycles. The first-order chi connectivity index (χ1) is 16.0. The fourth-order valence-electron chi connectivity index (χ4n) is 3.44. The molecule has 1 aromatic heterocycles. The lowest BCUT2D eigenvalue weighted by atomic mass is 9.98. The average Bonchev–Trinajstić information content (AvgIpc) is 2.85. The van der Waals surface area contributed by atoms with Gasteiger partial charge in [-0.1, -0.05) is 35.3 Å². The number of hydrogen-bond acceptors (Lipinski definition) is 4. The van der Waals surface area contributed by atoms with Gasteiger partial charge in [-0.3, -0.25) is 9.78 Å². The summed E-state index contributed by atoms with van der Waals surface area (Å²) in [6, 6.07) is 22.2. The van der Waals surface area contributed by atoms with E-state index in [0.29, 0.717) is 27.0 Å². The molecule has 0 fully saturated rings. The van der Waals surface area contributed by atoms with Crippen LogP contribution < -0.4 is 10.1 Å². The van der Waals surface area contributed by atoms with Gasteiger partial charge in [-0.2, -0.15) is 0 Å². The SMILES string of the molecule is COc1ccc(-c2cc(SC)ccc2C(=O)Nc2ccc(Cl)c(-c3ccccn3)c2)cc1Cl. The number of anilines is 1. The number of hydrogen-bond donors (Lipinski definition) is 1. The van der Waals surface area contributed by atoms with Crippen molar-refractivity contribution in [1.29, 1.82) is 0 Å². The van der Waals surface area contributed by atoms with Gasteiger partial charge in [0.05, 0.1) is 22.8 Å². The first-order valence-corrected chi connectivity index (χ1v) is 12.0. The zero-order valence-corrected chi connectivity index (χ0v) is 20.3. The van der Waals surface area contributed by atoms with Gasteiger partial charge in [0.15, 0.2) is 0 Å². The molecule has 0 spiro atoms. The highest BCUT2D eigenvalue weighted by molar-refractivity contribution is 7.98. The molecule has 3 aromatic carbocycles. The van der Waals surface area contributed by atoms with Crippen LogP contribution in [-0.4, -0.2) is 24.3 Å². The Balaban J connectivity index is 1.70. The smallest absolute Gasteiger partial charge is 0.256 e. The van der Waals surface area contributed by atoms with Gasteiger partial charge >= 0.3 is 0 Å². The van der Waals surface area contributed by atoms with Crippen LogP contribution >= 0.6 is 35.0 Å². The summed E-state index contributed by atoms with van der Waals surface area (Å²) in [7, 11) is 1.57. The van der Waals surface area contributed by atoms with Crippen molar-refractivity contribution in [2.24, 2.45) is 0 Å². The third kappa shape index (κ3) is 5.17. The molecule has 0 unspecified atom stereocenters. The monoisotopic (exact) mass is 494 g/mol. The molecule has 33 heavy (non-hydrogen) atoms. The number of carbonyl (C=O) groups excluding carboxylic acids is 1. The predicted molar refractivity (Wildman–Crippen MR) is 138 cm³/mol. The van der Waals surface area contributed by atoms with Crippen molar-refractivity contribution in [2.45, 2.75) is 4.90 Å². The lowest BCUT2D eigenvalue weighted by Crippen LogP contribution is -2.13. The summed E-state index contributed by atoms with van der Waals surface area (Å²) >= 11 is 14.3. The van der Waals surface area contributed by atoms with Gasteiger partial charge in [-0.25, -0.2) is 0 Å². The normalized spacial score (nSPS) is 10.7. The molecule has 7 heteroatoms. The number of rotatable bonds is 6. The number of thioether (sulfide) groups is 1. The summed E-state index contributed by atoms with van der Waals surface area (Å²) in [5, 5.41) is 4.03. The van der Waals surface area contributed by atoms with Gasteiger partial charge < -0.3 is 10.1 Å². The fraction of sp³-hybridized carbons (Fsp3) is 0.0769. The molecule has 0 saturated carbocycles. The topological polar surface area (TPSA) is 51.2 Å². The van der Waals surface area contributed by atoms with E-state index in [1.165, 1.54) is 0 Å². The highest BCUT2D eigenvalue weighted by atomic mass is 35.5. The van der Waals surface area contributed by atoms with Crippen molar-refractivity contribution in [3.8, 4) is 28.1 Å². The number of benzene rings is 3. The van der Waals surface area contributed by atoms with Crippen LogP contribution in [0.15, 0.2) is 83.9 Å². The highest BCUT2D eigenvalue weighted by Crippen LogP contribution is 2.35. The Hall–Kier alpha value is -2.99. The number of nitrogens with one attached hydrogen (secondary N) is 1. The van der Waals surface area contributed by atoms with Gasteiger partial charge in [0.25, 0.3) is 5.91 Å². The molecule has 0 radical (unpaired) electrons. The molecule has 0 saturated heterocycles. The van der Waals surface area contributed by atoms with Crippen LogP contribution in [0.2, 0.25) is 10.0 Å². The van der Waals surface area contributed by atoms with Crippen LogP contribution in [0.3, 0.4) is 0 Å². The van der Waals surface area contributed by atoms with Gasteiger partial charge in [0, 0.05) is 27.9 Å². The molecule has 4 aromatic rings. The van der Waals surface area contributed by atoms with Crippen LogP contribution in [0.1, 0.15) is 10.4 Å². The van der Waals surface area contributed by atoms with Crippen molar-refractivity contribution >= 4 is 46.6 Å². The first-order valence-electron chi connectivity index (χ1n) is 10.0. The van der Waals surface area contributed by atoms with Crippen LogP contribution in [0, 0.1) is 0 Å². The van der Waals surface area contributed by atoms with Crippen LogP contribution in [0.25, 0.3) is 22.4 Å². The van der Waals surface area contributed by atoms with Crippen molar-refractivity contribution in [2.75, 3.05) is 18.7 Å². The minimum atomic E-state index is -0.237. The van der Waals surface area contributed by atoms with E-state index in [-0.39, 0.29) is 5.91 Å². The second-order valence-electron chi connectivity index (χ2n) is 7.12. The fourth-order valence-corrected chi connectivity index (χ4v) is 4.35. The Bertz CT molecular complexity index is 1310. The third-order valence-corrected chi connectivity index (χ3v) is 6.45. The van der Waals surface area contributed by atoms with Crippen LogP contribution in [0.5, 0.6) is 5.75 Å². The molecule has 4 nitrogen and oxygen atoms in total. The highest BCUT2D eigenvalue weighted by Gasteiger charge is 2.16. The number of aromatic nitrogens is 1. The average molecular weight is 495 g/mol. The number of pyridine rings is 1. The maximum atomic E-state index is 13.3. The van der Waals surface area contributed by atoms with E-state index in [1.807, 2.05) is 54.8 Å². The summed E-state index contributed by atoms with van der Waals surface area (Å²) in [4.78, 5) is 18.7. The van der Waals surface area contributed by atoms with Gasteiger partial charge in [0.1, 0.15) is 5.75 Å². The predicted octanol–water partition coefficient (Wildman–Crippen LogP) is 7.71. The van der Waals surface area contributed by atoms with Crippen LogP contribution in [-0.2, 0) is 0 Å². The number of halogens is 2. The first kappa shape index (κ1) is 23.2. The Labute approximate surface area is 206 Å². The number of ether oxygens (including phenoxy) is 1. The Morgan fingerprint density at radius 1 is 0.939 bits per heavy atom. The zero-order chi connectivity index (χ0) is 23.4. The minimum absolute atomic E-state index is 0.237. The molecule has 4 rings (SSSR count). The zero-order valence-electron chi connectivity index (χ0n) is 17.9. The number of carbonyl (C=O) groups is 1. The molecule has 1 N–H and O–H groups in total. The Kier molecular flexibility index (Phi) is 7.23. The molecule has 0 aliphatic rings. The summed E-state index contributed by atoms with van der Waals surface area (Å²) < 4.78 is 5.26. The molecule has 0 aliphatic carbocycles. The second kappa shape index (κ2) is 10.3. The Morgan fingerprint density at radius 2 is 1.79 bits per heavy atom. The molecular weight excluding hydrogens is 475 g/mol. The van der Waals surface area contributed by atoms with Crippen molar-refractivity contribution < 1.29 is 9.53 Å². The summed E-state index contributed by atoms with van der Waals surface area (Å²) in [6.45, 7) is 0. The lowest BCUT2D eigenvalue weighted by molar-refractivity contribution is 0.102. The summed E-state index contributed by atoms with van der Waals surface area (Å²) in [5.41, 5.74) is 4.24. The van der Waals surface area contributed by atoms with Gasteiger partial charge in [-0.15, -0.1) is 11.8 Å². The molecule has 0 bridgehead atoms. The van der Waals surface area contributed by atoms with E-state index in [2.05, 4.69) is 10.3 Å². The van der Waals surface area contributed by atoms with E-state index in [0.717, 1.165) is 27.3 Å². The molecule has 1 amide bonds. The van der Waals surface area contributed by atoms with E-state index >= 15 is 0 Å². The van der Waals surface area contributed by atoms with E-state index < -0.39 is 0 Å². The van der Waals surface area contributed by atoms with E-state index in [9.17, 15) is 4.79 Å². The maximum absolute atomic E-state index is 13.3. The Morgan fingerprint density at radius 3 is 2.48 bits per heavy atom. The molecule has 166 valence electrons. The summed E-state index contributed by atoms with van der Waals surface area (Å²) in [5.74, 6) is 0.342. The maximum Gasteiger partial charge on any atom is 0.256 e. The van der Waals surface area contributed by atoms with E-state index in [1.54, 1.807) is 49.3 Å². The largest absolute Gasteiger partial charge is 0.495 e.